The molecule has 0 amide bonds. The number of pyridine rings is 1. The van der Waals surface area contributed by atoms with Crippen molar-refractivity contribution in [3.05, 3.63) is 59.7 Å². The van der Waals surface area contributed by atoms with Crippen molar-refractivity contribution in [3.63, 3.8) is 0 Å². The number of halogens is 4. The van der Waals surface area contributed by atoms with E-state index in [1.54, 1.807) is 30.6 Å². The summed E-state index contributed by atoms with van der Waals surface area (Å²) < 4.78 is 57.8. The van der Waals surface area contributed by atoms with E-state index in [9.17, 15) is 18.4 Å². The Bertz CT molecular complexity index is 1170. The lowest BCUT2D eigenvalue weighted by Crippen LogP contribution is -2.37. The Kier molecular flexibility index (Phi) is 7.14. The first kappa shape index (κ1) is 24.1. The summed E-state index contributed by atoms with van der Waals surface area (Å²) in [5.74, 6) is 6.10. The second-order valence-electron chi connectivity index (χ2n) is 7.99. The Morgan fingerprint density at radius 3 is 2.56 bits per heavy atom. The van der Waals surface area contributed by atoms with Gasteiger partial charge in [0.05, 0.1) is 24.1 Å². The van der Waals surface area contributed by atoms with Crippen LogP contribution >= 0.6 is 10.9 Å². The number of nitrogens with zero attached hydrogens (tertiary/aromatic N) is 6. The molecule has 1 aromatic carbocycles. The van der Waals surface area contributed by atoms with Gasteiger partial charge in [0, 0.05) is 42.8 Å². The Morgan fingerprint density at radius 1 is 1.21 bits per heavy atom. The highest BCUT2D eigenvalue weighted by molar-refractivity contribution is 8.13. The van der Waals surface area contributed by atoms with Crippen molar-refractivity contribution in [2.45, 2.75) is 31.8 Å². The minimum Gasteiger partial charge on any atom is -0.304 e. The molecular weight excluding hydrogens is 467 g/mol. The van der Waals surface area contributed by atoms with E-state index in [1.807, 2.05) is 10.4 Å². The molecule has 12 heteroatoms. The van der Waals surface area contributed by atoms with E-state index in [2.05, 4.69) is 31.3 Å². The SMILES string of the molecule is C=S(N1CCB(C#N)CC1)N(Cc1ccc(C2=NN=C(C(F)(F)F)C2)cc1F)c1cccnc1. The monoisotopic (exact) mass is 488 g/mol. The number of aromatic nitrogens is 1. The molecule has 1 fully saturated rings. The van der Waals surface area contributed by atoms with Gasteiger partial charge in [-0.3, -0.25) is 4.98 Å². The van der Waals surface area contributed by atoms with Gasteiger partial charge in [-0.1, -0.05) is 12.1 Å². The van der Waals surface area contributed by atoms with Gasteiger partial charge >= 0.3 is 6.18 Å². The normalized spacial score (nSPS) is 17.7. The maximum Gasteiger partial charge on any atom is 0.431 e. The van der Waals surface area contributed by atoms with Crippen molar-refractivity contribution in [2.24, 2.45) is 10.2 Å². The Morgan fingerprint density at radius 2 is 1.97 bits per heavy atom. The molecule has 1 aromatic heterocycles. The van der Waals surface area contributed by atoms with Gasteiger partial charge in [0.25, 0.3) is 6.71 Å². The van der Waals surface area contributed by atoms with Gasteiger partial charge in [0.15, 0.2) is 0 Å². The first-order valence-corrected chi connectivity index (χ1v) is 11.9. The van der Waals surface area contributed by atoms with Crippen LogP contribution in [-0.2, 0) is 6.54 Å². The summed E-state index contributed by atoms with van der Waals surface area (Å²) in [6.07, 6.45) is -0.197. The summed E-state index contributed by atoms with van der Waals surface area (Å²) >= 11 is 0. The summed E-state index contributed by atoms with van der Waals surface area (Å²) in [4.78, 5) is 4.18. The summed E-state index contributed by atoms with van der Waals surface area (Å²) in [6.45, 7) is 1.65. The fourth-order valence-electron chi connectivity index (χ4n) is 3.80. The molecule has 4 rings (SSSR count). The summed E-state index contributed by atoms with van der Waals surface area (Å²) in [5, 5.41) is 16.0. The Hall–Kier alpha value is -3.04. The molecule has 2 aliphatic rings. The topological polar surface area (TPSA) is 67.9 Å². The predicted octanol–water partition coefficient (Wildman–Crippen LogP) is 4.74. The van der Waals surface area contributed by atoms with Crippen molar-refractivity contribution in [3.8, 4) is 5.97 Å². The average Bonchev–Trinajstić information content (AvgIpc) is 3.35. The zero-order valence-corrected chi connectivity index (χ0v) is 19.0. The highest BCUT2D eigenvalue weighted by atomic mass is 32.2. The molecule has 2 aromatic rings. The van der Waals surface area contributed by atoms with Crippen molar-refractivity contribution >= 4 is 40.6 Å². The largest absolute Gasteiger partial charge is 0.431 e. The summed E-state index contributed by atoms with van der Waals surface area (Å²) in [6, 6.07) is 7.98. The molecule has 2 aliphatic heterocycles. The average molecular weight is 488 g/mol. The van der Waals surface area contributed by atoms with Gasteiger partial charge in [-0.25, -0.2) is 14.0 Å². The minimum absolute atomic E-state index is 0.0328. The van der Waals surface area contributed by atoms with E-state index in [0.717, 1.165) is 18.3 Å². The van der Waals surface area contributed by atoms with Crippen LogP contribution in [0.5, 0.6) is 0 Å². The van der Waals surface area contributed by atoms with E-state index >= 15 is 4.39 Å². The molecule has 1 atom stereocenters. The van der Waals surface area contributed by atoms with Crippen molar-refractivity contribution in [2.75, 3.05) is 17.4 Å². The van der Waals surface area contributed by atoms with Crippen LogP contribution < -0.4 is 4.31 Å². The van der Waals surface area contributed by atoms with Crippen LogP contribution in [-0.4, -0.2) is 52.6 Å². The maximum absolute atomic E-state index is 15.1. The van der Waals surface area contributed by atoms with Crippen LogP contribution in [0.4, 0.5) is 23.2 Å². The maximum atomic E-state index is 15.1. The number of anilines is 1. The molecule has 0 N–H and O–H groups in total. The fraction of sp³-hybridized carbons (Fsp3) is 0.318. The number of nitriles is 1. The van der Waals surface area contributed by atoms with Gasteiger partial charge in [-0.2, -0.15) is 18.3 Å². The van der Waals surface area contributed by atoms with Gasteiger partial charge < -0.3 is 4.31 Å². The van der Waals surface area contributed by atoms with Crippen LogP contribution in [0.3, 0.4) is 0 Å². The Balaban J connectivity index is 1.53. The standard InChI is InChI=1S/C22H21BF4N6S/c1-34(32-9-6-23(15-28)7-10-32)33(18-3-2-8-29-13-18)14-17-5-4-16(11-19(17)24)20-12-21(31-30-20)22(25,26)27/h2-5,8,11,13H,1,6-7,9-10,12,14H2. The molecule has 3 heterocycles. The minimum atomic E-state index is -4.56. The third-order valence-electron chi connectivity index (χ3n) is 5.78. The van der Waals surface area contributed by atoms with Crippen molar-refractivity contribution in [1.82, 2.24) is 9.29 Å². The van der Waals surface area contributed by atoms with E-state index in [4.69, 9.17) is 0 Å². The number of hydrogen-bond donors (Lipinski definition) is 0. The molecular formula is C22H21BF4N6S. The predicted molar refractivity (Wildman–Crippen MR) is 129 cm³/mol. The number of benzene rings is 1. The van der Waals surface area contributed by atoms with Crippen LogP contribution in [0.1, 0.15) is 17.5 Å². The third-order valence-corrected chi connectivity index (χ3v) is 7.59. The molecule has 1 unspecified atom stereocenters. The van der Waals surface area contributed by atoms with Gasteiger partial charge in [-0.05, 0) is 47.6 Å². The second-order valence-corrected chi connectivity index (χ2v) is 9.63. The molecule has 0 saturated carbocycles. The quantitative estimate of drug-likeness (QED) is 0.335. The smallest absolute Gasteiger partial charge is 0.304 e. The molecule has 0 bridgehead atoms. The van der Waals surface area contributed by atoms with Gasteiger partial charge in [0.2, 0.25) is 0 Å². The first-order valence-electron chi connectivity index (χ1n) is 10.6. The highest BCUT2D eigenvalue weighted by Crippen LogP contribution is 2.34. The zero-order chi connectivity index (χ0) is 24.3. The molecule has 176 valence electrons. The van der Waals surface area contributed by atoms with E-state index in [0.29, 0.717) is 18.7 Å². The van der Waals surface area contributed by atoms with Crippen LogP contribution in [0, 0.1) is 17.0 Å². The highest BCUT2D eigenvalue weighted by Gasteiger charge is 2.39. The van der Waals surface area contributed by atoms with E-state index in [-0.39, 0.29) is 24.5 Å². The lowest BCUT2D eigenvalue weighted by molar-refractivity contribution is -0.0596. The zero-order valence-electron chi connectivity index (χ0n) is 18.2. The van der Waals surface area contributed by atoms with E-state index in [1.165, 1.54) is 6.07 Å². The molecule has 0 spiro atoms. The van der Waals surface area contributed by atoms with Gasteiger partial charge in [0.1, 0.15) is 11.5 Å². The third kappa shape index (κ3) is 5.37. The molecule has 1 saturated heterocycles. The van der Waals surface area contributed by atoms with Crippen LogP contribution in [0.2, 0.25) is 12.6 Å². The van der Waals surface area contributed by atoms with Crippen molar-refractivity contribution in [1.29, 1.82) is 5.26 Å². The molecule has 0 aliphatic carbocycles. The van der Waals surface area contributed by atoms with Crippen LogP contribution in [0.15, 0.2) is 52.9 Å². The fourth-order valence-corrected chi connectivity index (χ4v) is 5.35. The van der Waals surface area contributed by atoms with E-state index < -0.39 is 35.0 Å². The molecule has 34 heavy (non-hydrogen) atoms. The lowest BCUT2D eigenvalue weighted by atomic mass is 9.45. The molecule has 0 radical (unpaired) electrons. The number of hydrogen-bond acceptors (Lipinski definition) is 6. The lowest BCUT2D eigenvalue weighted by Gasteiger charge is -2.37. The molecule has 6 nitrogen and oxygen atoms in total. The number of rotatable bonds is 6. The van der Waals surface area contributed by atoms with Crippen molar-refractivity contribution < 1.29 is 17.6 Å². The number of alkyl halides is 3. The van der Waals surface area contributed by atoms with Crippen LogP contribution in [0.25, 0.3) is 0 Å². The van der Waals surface area contributed by atoms with Gasteiger partial charge in [-0.15, -0.1) is 5.10 Å². The summed E-state index contributed by atoms with van der Waals surface area (Å²) in [5.41, 5.74) is 0.505. The first-order chi connectivity index (χ1) is 16.3. The Labute approximate surface area is 197 Å². The summed E-state index contributed by atoms with van der Waals surface area (Å²) in [7, 11) is -0.659. The second kappa shape index (κ2) is 10.1.